The first-order chi connectivity index (χ1) is 39.3. The van der Waals surface area contributed by atoms with Gasteiger partial charge in [-0.25, -0.2) is 4.79 Å². The van der Waals surface area contributed by atoms with Crippen LogP contribution in [-0.4, -0.2) is 55.5 Å². The normalized spacial score (nSPS) is 16.3. The minimum Gasteiger partial charge on any atom is -0.497 e. The maximum absolute atomic E-state index is 15.4. The van der Waals surface area contributed by atoms with Gasteiger partial charge in [0.1, 0.15) is 58.1 Å². The molecule has 0 unspecified atom stereocenters. The van der Waals surface area contributed by atoms with E-state index in [4.69, 9.17) is 33.4 Å². The Bertz CT molecular complexity index is 3550. The minimum atomic E-state index is -1.44. The molecule has 11 heteroatoms. The molecule has 1 aromatic heterocycles. The van der Waals surface area contributed by atoms with Crippen molar-refractivity contribution in [3.63, 3.8) is 0 Å². The molecule has 10 aromatic rings. The van der Waals surface area contributed by atoms with Gasteiger partial charge < -0.3 is 38.5 Å². The van der Waals surface area contributed by atoms with Gasteiger partial charge in [-0.15, -0.1) is 0 Å². The van der Waals surface area contributed by atoms with E-state index < -0.39 is 47.0 Å². The third-order valence-corrected chi connectivity index (χ3v) is 15.1. The molecule has 9 aromatic carbocycles. The molecular formula is C69H59N3O8. The number of ether oxygens (including phenoxy) is 6. The molecule has 2 heterocycles. The summed E-state index contributed by atoms with van der Waals surface area (Å²) in [6.45, 7) is 0. The Morgan fingerprint density at radius 3 is 1.07 bits per heavy atom. The highest BCUT2D eigenvalue weighted by Crippen LogP contribution is 2.50. The van der Waals surface area contributed by atoms with Crippen molar-refractivity contribution in [3.8, 4) is 17.2 Å². The number of nitrogens with zero attached hydrogens (tertiary/aromatic N) is 2. The molecule has 1 aliphatic heterocycles. The Kier molecular flexibility index (Phi) is 15.3. The molecule has 11 rings (SSSR count). The van der Waals surface area contributed by atoms with E-state index in [2.05, 4.69) is 5.32 Å². The van der Waals surface area contributed by atoms with E-state index in [1.807, 2.05) is 255 Å². The first kappa shape index (κ1) is 52.7. The SMILES string of the molecule is COc1ccc(C(Nc2ccn([C@@H]3O[C@H](C=O)[C@@H](OC(c4ccccc4)(c4ccccc4)c4ccc(OC)cc4)[C@@H]3OC(c3ccccc3)(c3ccccc3)c3ccc(OC)cc3)c(=O)n2)(c2ccccc2)c2ccccc2)cc1. The van der Waals surface area contributed by atoms with Gasteiger partial charge in [0.15, 0.2) is 12.5 Å². The third kappa shape index (κ3) is 9.83. The van der Waals surface area contributed by atoms with Crippen molar-refractivity contribution in [2.45, 2.75) is 41.3 Å². The number of nitrogens with one attached hydrogen (secondary N) is 1. The first-order valence-corrected chi connectivity index (χ1v) is 26.4. The van der Waals surface area contributed by atoms with Crippen molar-refractivity contribution in [2.75, 3.05) is 26.6 Å². The zero-order valence-electron chi connectivity index (χ0n) is 44.5. The van der Waals surface area contributed by atoms with E-state index in [-0.39, 0.29) is 5.82 Å². The number of rotatable bonds is 20. The number of hydrogen-bond donors (Lipinski definition) is 1. The molecule has 1 saturated heterocycles. The smallest absolute Gasteiger partial charge is 0.351 e. The van der Waals surface area contributed by atoms with Crippen LogP contribution in [0, 0.1) is 0 Å². The van der Waals surface area contributed by atoms with Crippen molar-refractivity contribution < 1.29 is 33.2 Å². The maximum Gasteiger partial charge on any atom is 0.351 e. The van der Waals surface area contributed by atoms with Gasteiger partial charge >= 0.3 is 5.69 Å². The lowest BCUT2D eigenvalue weighted by atomic mass is 9.77. The van der Waals surface area contributed by atoms with Gasteiger partial charge in [0.05, 0.1) is 21.3 Å². The highest BCUT2D eigenvalue weighted by atomic mass is 16.6. The molecule has 0 bridgehead atoms. The van der Waals surface area contributed by atoms with E-state index in [1.165, 1.54) is 4.57 Å². The molecule has 11 nitrogen and oxygen atoms in total. The Morgan fingerprint density at radius 1 is 0.425 bits per heavy atom. The molecule has 4 atom stereocenters. The largest absolute Gasteiger partial charge is 0.497 e. The number of aromatic nitrogens is 2. The molecule has 398 valence electrons. The summed E-state index contributed by atoms with van der Waals surface area (Å²) >= 11 is 0. The Balaban J connectivity index is 1.13. The number of anilines is 1. The fourth-order valence-electron chi connectivity index (χ4n) is 11.2. The van der Waals surface area contributed by atoms with E-state index in [0.717, 1.165) is 56.4 Å². The van der Waals surface area contributed by atoms with Gasteiger partial charge in [-0.05, 0) is 92.5 Å². The van der Waals surface area contributed by atoms with Crippen LogP contribution in [0.15, 0.2) is 272 Å². The van der Waals surface area contributed by atoms with Crippen LogP contribution < -0.4 is 25.2 Å². The summed E-state index contributed by atoms with van der Waals surface area (Å²) in [6, 6.07) is 84.6. The molecule has 80 heavy (non-hydrogen) atoms. The zero-order chi connectivity index (χ0) is 54.9. The van der Waals surface area contributed by atoms with Crippen molar-refractivity contribution in [1.82, 2.24) is 9.55 Å². The number of carbonyl (C=O) groups is 1. The van der Waals surface area contributed by atoms with Crippen LogP contribution in [0.25, 0.3) is 0 Å². The molecule has 0 aliphatic carbocycles. The molecule has 1 N–H and O–H groups in total. The number of carbonyl (C=O) groups excluding carboxylic acids is 1. The standard InChI is InChI=1S/C69H59N3O8/c1-75-58-40-34-51(35-41-58)67(49-22-10-4-11-23-49,50-24-12-5-13-25-50)71-62-46-47-72(66(74)70-62)65-64(80-69(54-30-18-8-19-31-54,55-32-20-9-21-33-55)57-38-44-60(77-3)45-39-57)63(61(48-73)78-65)79-68(52-26-14-6-15-27-52,53-28-16-7-17-29-53)56-36-42-59(76-2)43-37-56/h4-48,61,63-65H,1-3H3,(H,70,71,74)/t61-,63-,64+,65-/m1/s1. The van der Waals surface area contributed by atoms with Crippen molar-refractivity contribution in [3.05, 3.63) is 328 Å². The van der Waals surface area contributed by atoms with Crippen LogP contribution in [-0.2, 0) is 35.7 Å². The van der Waals surface area contributed by atoms with Crippen molar-refractivity contribution in [2.24, 2.45) is 0 Å². The van der Waals surface area contributed by atoms with Crippen molar-refractivity contribution in [1.29, 1.82) is 0 Å². The maximum atomic E-state index is 15.4. The molecule has 0 spiro atoms. The lowest BCUT2D eigenvalue weighted by Gasteiger charge is -2.43. The monoisotopic (exact) mass is 1060 g/mol. The second kappa shape index (κ2) is 23.3. The fraction of sp³-hybridized carbons (Fsp3) is 0.145. The van der Waals surface area contributed by atoms with Gasteiger partial charge in [0.25, 0.3) is 0 Å². The van der Waals surface area contributed by atoms with Crippen LogP contribution >= 0.6 is 0 Å². The third-order valence-electron chi connectivity index (χ3n) is 15.1. The summed E-state index contributed by atoms with van der Waals surface area (Å²) in [5, 5.41) is 3.75. The molecule has 1 aliphatic rings. The Labute approximate surface area is 465 Å². The van der Waals surface area contributed by atoms with Crippen LogP contribution in [0.2, 0.25) is 0 Å². The molecule has 0 saturated carbocycles. The number of hydrogen-bond acceptors (Lipinski definition) is 10. The van der Waals surface area contributed by atoms with Gasteiger partial charge in [0.2, 0.25) is 0 Å². The summed E-state index contributed by atoms with van der Waals surface area (Å²) in [5.74, 6) is 2.26. The van der Waals surface area contributed by atoms with E-state index in [9.17, 15) is 4.79 Å². The van der Waals surface area contributed by atoms with E-state index >= 15 is 4.79 Å². The predicted octanol–water partition coefficient (Wildman–Crippen LogP) is 12.5. The number of benzene rings is 9. The number of methoxy groups -OCH3 is 3. The molecule has 0 amide bonds. The second-order valence-electron chi connectivity index (χ2n) is 19.4. The van der Waals surface area contributed by atoms with Crippen LogP contribution in [0.1, 0.15) is 56.3 Å². The second-order valence-corrected chi connectivity index (χ2v) is 19.4. The minimum absolute atomic E-state index is 0.276. The summed E-state index contributed by atoms with van der Waals surface area (Å²) < 4.78 is 41.2. The lowest BCUT2D eigenvalue weighted by Crippen LogP contribution is -2.49. The van der Waals surface area contributed by atoms with Gasteiger partial charge in [0, 0.05) is 6.20 Å². The van der Waals surface area contributed by atoms with Gasteiger partial charge in [-0.2, -0.15) is 4.98 Å². The topological polar surface area (TPSA) is 119 Å². The van der Waals surface area contributed by atoms with Crippen LogP contribution in [0.5, 0.6) is 17.2 Å². The van der Waals surface area contributed by atoms with Crippen LogP contribution in [0.3, 0.4) is 0 Å². The summed E-state index contributed by atoms with van der Waals surface area (Å²) in [6.07, 6.45) is -2.73. The average molecular weight is 1060 g/mol. The lowest BCUT2D eigenvalue weighted by molar-refractivity contribution is -0.156. The summed E-state index contributed by atoms with van der Waals surface area (Å²) in [4.78, 5) is 34.3. The summed E-state index contributed by atoms with van der Waals surface area (Å²) in [7, 11) is 4.88. The first-order valence-electron chi connectivity index (χ1n) is 26.4. The molecular weight excluding hydrogens is 999 g/mol. The van der Waals surface area contributed by atoms with E-state index in [0.29, 0.717) is 17.2 Å². The Hall–Kier alpha value is -9.39. The fourth-order valence-corrected chi connectivity index (χ4v) is 11.2. The van der Waals surface area contributed by atoms with Gasteiger partial charge in [-0.3, -0.25) is 4.57 Å². The van der Waals surface area contributed by atoms with Gasteiger partial charge in [-0.1, -0.05) is 218 Å². The zero-order valence-corrected chi connectivity index (χ0v) is 44.5. The predicted molar refractivity (Wildman–Crippen MR) is 309 cm³/mol. The number of aldehydes is 1. The Morgan fingerprint density at radius 2 is 0.738 bits per heavy atom. The quantitative estimate of drug-likeness (QED) is 0.0584. The highest BCUT2D eigenvalue weighted by molar-refractivity contribution is 5.60. The van der Waals surface area contributed by atoms with E-state index in [1.54, 1.807) is 33.6 Å². The average Bonchev–Trinajstić information content (AvgIpc) is 4.05. The molecule has 1 fully saturated rings. The molecule has 0 radical (unpaired) electrons. The van der Waals surface area contributed by atoms with Crippen LogP contribution in [0.4, 0.5) is 5.82 Å². The highest BCUT2D eigenvalue weighted by Gasteiger charge is 2.56. The summed E-state index contributed by atoms with van der Waals surface area (Å²) in [5.41, 5.74) is 2.61. The van der Waals surface area contributed by atoms with Crippen molar-refractivity contribution >= 4 is 12.1 Å².